The predicted octanol–water partition coefficient (Wildman–Crippen LogP) is 1.02. The molecule has 0 unspecified atom stereocenters. The third-order valence-electron chi connectivity index (χ3n) is 3.55. The molecule has 0 aromatic carbocycles. The van der Waals surface area contributed by atoms with Crippen LogP contribution in [0.5, 0.6) is 0 Å². The summed E-state index contributed by atoms with van der Waals surface area (Å²) in [6, 6.07) is 0.0110. The molecule has 0 spiro atoms. The molecule has 1 saturated heterocycles. The van der Waals surface area contributed by atoms with E-state index in [9.17, 15) is 9.59 Å². The highest BCUT2D eigenvalue weighted by molar-refractivity contribution is 6.35. The number of carbonyl (C=O) groups excluding carboxylic acids is 2. The zero-order valence-electron chi connectivity index (χ0n) is 12.9. The van der Waals surface area contributed by atoms with Gasteiger partial charge in [0.05, 0.1) is 0 Å². The van der Waals surface area contributed by atoms with Crippen LogP contribution in [0.1, 0.15) is 54.4 Å². The minimum atomic E-state index is -0.536. The van der Waals surface area contributed by atoms with Gasteiger partial charge in [-0.1, -0.05) is 0 Å². The van der Waals surface area contributed by atoms with Crippen LogP contribution < -0.4 is 11.1 Å². The average molecular weight is 269 g/mol. The number of rotatable bonds is 1. The molecular weight excluding hydrogens is 242 g/mol. The van der Waals surface area contributed by atoms with E-state index >= 15 is 0 Å². The van der Waals surface area contributed by atoms with Crippen LogP contribution in [0, 0.1) is 0 Å². The Morgan fingerprint density at radius 2 is 1.58 bits per heavy atom. The standard InChI is InChI=1S/C14H27N3O2/c1-9(2)16-11(18)12(19)17-13(3,4)7-10(15)8-14(17,5)6/h9-10H,7-8,15H2,1-6H3,(H,16,18). The second-order valence-electron chi connectivity index (χ2n) is 7.06. The molecule has 1 heterocycles. The summed E-state index contributed by atoms with van der Waals surface area (Å²) in [6.07, 6.45) is 1.41. The van der Waals surface area contributed by atoms with E-state index in [2.05, 4.69) is 5.32 Å². The third kappa shape index (κ3) is 3.47. The van der Waals surface area contributed by atoms with Crippen LogP contribution >= 0.6 is 0 Å². The Kier molecular flexibility index (Phi) is 4.30. The lowest BCUT2D eigenvalue weighted by Gasteiger charge is -2.54. The topological polar surface area (TPSA) is 75.4 Å². The van der Waals surface area contributed by atoms with Crippen LogP contribution in [-0.2, 0) is 9.59 Å². The van der Waals surface area contributed by atoms with Gasteiger partial charge in [-0.2, -0.15) is 0 Å². The highest BCUT2D eigenvalue weighted by atomic mass is 16.2. The van der Waals surface area contributed by atoms with Crippen molar-refractivity contribution in [3.05, 3.63) is 0 Å². The summed E-state index contributed by atoms with van der Waals surface area (Å²) in [5, 5.41) is 2.67. The number of amides is 2. The van der Waals surface area contributed by atoms with Crippen molar-refractivity contribution in [1.29, 1.82) is 0 Å². The molecular formula is C14H27N3O2. The number of nitrogens with one attached hydrogen (secondary N) is 1. The molecule has 1 fully saturated rings. The molecule has 0 aliphatic carbocycles. The van der Waals surface area contributed by atoms with Crippen molar-refractivity contribution >= 4 is 11.8 Å². The number of hydrogen-bond acceptors (Lipinski definition) is 3. The summed E-state index contributed by atoms with van der Waals surface area (Å²) in [6.45, 7) is 11.5. The summed E-state index contributed by atoms with van der Waals surface area (Å²) in [5.74, 6) is -0.998. The summed E-state index contributed by atoms with van der Waals surface area (Å²) in [4.78, 5) is 26.1. The molecule has 2 amide bonds. The van der Waals surface area contributed by atoms with E-state index in [1.807, 2.05) is 41.5 Å². The number of likely N-dealkylation sites (tertiary alicyclic amines) is 1. The van der Waals surface area contributed by atoms with Crippen molar-refractivity contribution in [3.63, 3.8) is 0 Å². The Labute approximate surface area is 115 Å². The van der Waals surface area contributed by atoms with Crippen molar-refractivity contribution in [3.8, 4) is 0 Å². The van der Waals surface area contributed by atoms with Gasteiger partial charge < -0.3 is 16.0 Å². The number of nitrogens with two attached hydrogens (primary N) is 1. The van der Waals surface area contributed by atoms with Crippen LogP contribution in [0.25, 0.3) is 0 Å². The zero-order valence-corrected chi connectivity index (χ0v) is 12.9. The maximum absolute atomic E-state index is 12.4. The third-order valence-corrected chi connectivity index (χ3v) is 3.55. The maximum Gasteiger partial charge on any atom is 0.312 e. The second-order valence-corrected chi connectivity index (χ2v) is 7.06. The predicted molar refractivity (Wildman–Crippen MR) is 75.5 cm³/mol. The van der Waals surface area contributed by atoms with Crippen LogP contribution in [-0.4, -0.2) is 39.9 Å². The number of carbonyl (C=O) groups is 2. The van der Waals surface area contributed by atoms with E-state index in [1.165, 1.54) is 0 Å². The molecule has 0 atom stereocenters. The van der Waals surface area contributed by atoms with Gasteiger partial charge in [0, 0.05) is 23.2 Å². The Morgan fingerprint density at radius 3 is 1.95 bits per heavy atom. The smallest absolute Gasteiger partial charge is 0.312 e. The van der Waals surface area contributed by atoms with Gasteiger partial charge in [0.15, 0.2) is 0 Å². The number of piperidine rings is 1. The Hall–Kier alpha value is -1.10. The van der Waals surface area contributed by atoms with Gasteiger partial charge in [0.25, 0.3) is 0 Å². The largest absolute Gasteiger partial charge is 0.346 e. The molecule has 5 heteroatoms. The molecule has 3 N–H and O–H groups in total. The summed E-state index contributed by atoms with van der Waals surface area (Å²) in [7, 11) is 0. The van der Waals surface area contributed by atoms with Gasteiger partial charge in [-0.3, -0.25) is 9.59 Å². The fourth-order valence-corrected chi connectivity index (χ4v) is 3.33. The summed E-state index contributed by atoms with van der Waals surface area (Å²) < 4.78 is 0. The molecule has 5 nitrogen and oxygen atoms in total. The lowest BCUT2D eigenvalue weighted by molar-refractivity contribution is -0.159. The van der Waals surface area contributed by atoms with E-state index in [0.717, 1.165) is 0 Å². The van der Waals surface area contributed by atoms with E-state index in [0.29, 0.717) is 12.8 Å². The van der Waals surface area contributed by atoms with Gasteiger partial charge in [0.1, 0.15) is 0 Å². The first-order valence-corrected chi connectivity index (χ1v) is 6.88. The normalized spacial score (nSPS) is 22.4. The lowest BCUT2D eigenvalue weighted by atomic mass is 9.77. The quantitative estimate of drug-likeness (QED) is 0.698. The molecule has 0 saturated carbocycles. The molecule has 1 aliphatic heterocycles. The number of nitrogens with zero attached hydrogens (tertiary/aromatic N) is 1. The molecule has 0 bridgehead atoms. The first-order valence-electron chi connectivity index (χ1n) is 6.88. The average Bonchev–Trinajstić information content (AvgIpc) is 2.10. The van der Waals surface area contributed by atoms with Gasteiger partial charge in [-0.25, -0.2) is 0 Å². The minimum absolute atomic E-state index is 0.0466. The van der Waals surface area contributed by atoms with Crippen LogP contribution in [0.2, 0.25) is 0 Å². The van der Waals surface area contributed by atoms with Gasteiger partial charge in [-0.15, -0.1) is 0 Å². The second kappa shape index (κ2) is 5.12. The van der Waals surface area contributed by atoms with Crippen molar-refractivity contribution in [2.45, 2.75) is 77.5 Å². The van der Waals surface area contributed by atoms with Gasteiger partial charge in [0.2, 0.25) is 0 Å². The molecule has 19 heavy (non-hydrogen) atoms. The highest BCUT2D eigenvalue weighted by Crippen LogP contribution is 2.37. The minimum Gasteiger partial charge on any atom is -0.346 e. The maximum atomic E-state index is 12.4. The fraction of sp³-hybridized carbons (Fsp3) is 0.857. The number of hydrogen-bond donors (Lipinski definition) is 2. The zero-order chi connectivity index (χ0) is 15.0. The first kappa shape index (κ1) is 16.0. The van der Waals surface area contributed by atoms with Gasteiger partial charge in [-0.05, 0) is 54.4 Å². The van der Waals surface area contributed by atoms with Crippen molar-refractivity contribution < 1.29 is 9.59 Å². The van der Waals surface area contributed by atoms with E-state index in [4.69, 9.17) is 5.73 Å². The van der Waals surface area contributed by atoms with Crippen LogP contribution in [0.4, 0.5) is 0 Å². The monoisotopic (exact) mass is 269 g/mol. The summed E-state index contributed by atoms with van der Waals surface area (Å²) in [5.41, 5.74) is 5.25. The van der Waals surface area contributed by atoms with Gasteiger partial charge >= 0.3 is 11.8 Å². The molecule has 110 valence electrons. The molecule has 0 aromatic heterocycles. The molecule has 1 rings (SSSR count). The van der Waals surface area contributed by atoms with E-state index in [-0.39, 0.29) is 12.1 Å². The fourth-order valence-electron chi connectivity index (χ4n) is 3.33. The highest BCUT2D eigenvalue weighted by Gasteiger charge is 2.48. The first-order chi connectivity index (χ1) is 8.47. The Bertz CT molecular complexity index is 357. The van der Waals surface area contributed by atoms with Crippen molar-refractivity contribution in [2.24, 2.45) is 5.73 Å². The molecule has 0 radical (unpaired) electrons. The van der Waals surface area contributed by atoms with Crippen LogP contribution in [0.15, 0.2) is 0 Å². The Balaban J connectivity index is 3.01. The summed E-state index contributed by atoms with van der Waals surface area (Å²) >= 11 is 0. The molecule has 0 aromatic rings. The Morgan fingerprint density at radius 1 is 1.16 bits per heavy atom. The SMILES string of the molecule is CC(C)NC(=O)C(=O)N1C(C)(C)CC(N)CC1(C)C. The van der Waals surface area contributed by atoms with E-state index in [1.54, 1.807) is 4.90 Å². The van der Waals surface area contributed by atoms with Crippen molar-refractivity contribution in [2.75, 3.05) is 0 Å². The lowest BCUT2D eigenvalue weighted by Crippen LogP contribution is -2.67. The molecule has 1 aliphatic rings. The van der Waals surface area contributed by atoms with Crippen molar-refractivity contribution in [1.82, 2.24) is 10.2 Å². The van der Waals surface area contributed by atoms with Crippen LogP contribution in [0.3, 0.4) is 0 Å². The van der Waals surface area contributed by atoms with E-state index < -0.39 is 22.9 Å².